The van der Waals surface area contributed by atoms with Crippen LogP contribution in [-0.4, -0.2) is 96.1 Å². The molecular weight excluding hydrogens is 779 g/mol. The summed E-state index contributed by atoms with van der Waals surface area (Å²) < 4.78 is 11.5. The number of morpholine rings is 1. The molecule has 0 aliphatic carbocycles. The highest BCUT2D eigenvalue weighted by molar-refractivity contribution is 6.23. The molecule has 0 spiro atoms. The quantitative estimate of drug-likeness (QED) is 0.0403. The molecule has 0 radical (unpaired) electrons. The number of aryl methyl sites for hydroxylation is 1. The summed E-state index contributed by atoms with van der Waals surface area (Å²) in [5.41, 5.74) is 8.17. The number of unbranched alkanes of at least 4 members (excludes halogenated alkanes) is 4. The van der Waals surface area contributed by atoms with Crippen molar-refractivity contribution < 1.29 is 33.4 Å². The fourth-order valence-electron chi connectivity index (χ4n) is 7.41. The van der Waals surface area contributed by atoms with E-state index in [-0.39, 0.29) is 35.9 Å². The number of hydrazone groups is 1. The van der Waals surface area contributed by atoms with E-state index in [0.717, 1.165) is 78.3 Å². The van der Waals surface area contributed by atoms with E-state index in [1.807, 2.05) is 61.5 Å². The summed E-state index contributed by atoms with van der Waals surface area (Å²) in [6, 6.07) is 21.9. The molecule has 16 nitrogen and oxygen atoms in total. The third-order valence-corrected chi connectivity index (χ3v) is 10.7. The summed E-state index contributed by atoms with van der Waals surface area (Å²) >= 11 is 0. The average Bonchev–Trinajstić information content (AvgIpc) is 3.50. The zero-order valence-corrected chi connectivity index (χ0v) is 34.3. The minimum absolute atomic E-state index is 0.0245. The second kappa shape index (κ2) is 20.5. The lowest BCUT2D eigenvalue weighted by Crippen LogP contribution is -2.54. The van der Waals surface area contributed by atoms with Crippen molar-refractivity contribution in [3.05, 3.63) is 101 Å². The van der Waals surface area contributed by atoms with Crippen molar-refractivity contribution in [2.45, 2.75) is 70.8 Å². The summed E-state index contributed by atoms with van der Waals surface area (Å²) in [6.45, 7) is 5.78. The molecule has 16 heteroatoms. The molecule has 318 valence electrons. The lowest BCUT2D eigenvalue weighted by molar-refractivity contribution is -0.136. The van der Waals surface area contributed by atoms with Crippen LogP contribution in [0, 0.1) is 6.92 Å². The topological polar surface area (TPSA) is 197 Å². The van der Waals surface area contributed by atoms with Crippen LogP contribution in [-0.2, 0) is 25.5 Å². The third kappa shape index (κ3) is 11.5. The van der Waals surface area contributed by atoms with Crippen molar-refractivity contribution in [1.82, 2.24) is 20.2 Å². The fraction of sp³-hybridized carbons (Fsp3) is 0.378. The van der Waals surface area contributed by atoms with Gasteiger partial charge in [-0.2, -0.15) is 15.1 Å². The van der Waals surface area contributed by atoms with Gasteiger partial charge < -0.3 is 25.0 Å². The normalized spacial score (nSPS) is 16.4. The van der Waals surface area contributed by atoms with E-state index < -0.39 is 29.7 Å². The van der Waals surface area contributed by atoms with E-state index in [1.54, 1.807) is 24.4 Å². The van der Waals surface area contributed by atoms with E-state index in [1.165, 1.54) is 0 Å². The molecule has 4 N–H and O–H groups in total. The zero-order valence-electron chi connectivity index (χ0n) is 34.3. The van der Waals surface area contributed by atoms with Crippen molar-refractivity contribution in [3.8, 4) is 6.01 Å². The second-order valence-corrected chi connectivity index (χ2v) is 15.3. The fourth-order valence-corrected chi connectivity index (χ4v) is 7.41. The van der Waals surface area contributed by atoms with Crippen LogP contribution < -0.4 is 31.0 Å². The number of nitrogens with one attached hydrogen (secondary N) is 4. The number of carbonyl (C=O) groups excluding carboxylic acids is 5. The SMILES string of the molecule is Cc1cccc(/C=N/Nc2cc(N3CCOCC3)nc(OCCc3ccc(NC(=O)CCCCCCCNc4ccc5c(c4)C(=O)N(C4CCC(=O)NC4=O)C5=O)cc3)n2)c1. The Bertz CT molecular complexity index is 2260. The van der Waals surface area contributed by atoms with Crippen LogP contribution in [0.15, 0.2) is 77.9 Å². The van der Waals surface area contributed by atoms with Crippen molar-refractivity contribution in [1.29, 1.82) is 0 Å². The van der Waals surface area contributed by atoms with Gasteiger partial charge in [0.2, 0.25) is 17.7 Å². The minimum Gasteiger partial charge on any atom is -0.463 e. The summed E-state index contributed by atoms with van der Waals surface area (Å²) in [6.07, 6.45) is 7.56. The summed E-state index contributed by atoms with van der Waals surface area (Å²) in [7, 11) is 0. The highest BCUT2D eigenvalue weighted by atomic mass is 16.5. The Balaban J connectivity index is 0.781. The monoisotopic (exact) mass is 829 g/mol. The van der Waals surface area contributed by atoms with E-state index in [4.69, 9.17) is 9.47 Å². The highest BCUT2D eigenvalue weighted by Gasteiger charge is 2.44. The van der Waals surface area contributed by atoms with E-state index in [2.05, 4.69) is 41.3 Å². The van der Waals surface area contributed by atoms with Gasteiger partial charge in [-0.3, -0.25) is 39.6 Å². The Labute approximate surface area is 354 Å². The number of carbonyl (C=O) groups is 5. The largest absolute Gasteiger partial charge is 0.463 e. The number of amides is 5. The van der Waals surface area contributed by atoms with Gasteiger partial charge in [0.1, 0.15) is 11.9 Å². The average molecular weight is 830 g/mol. The van der Waals surface area contributed by atoms with Crippen LogP contribution in [0.25, 0.3) is 0 Å². The summed E-state index contributed by atoms with van der Waals surface area (Å²) in [4.78, 5) is 74.8. The molecule has 0 bridgehead atoms. The minimum atomic E-state index is -0.987. The van der Waals surface area contributed by atoms with E-state index in [0.29, 0.717) is 50.7 Å². The standard InChI is InChI=1S/C45H51N9O7/c1-30-8-7-9-32(26-30)29-47-52-38-28-39(53-21-24-60-25-22-53)50-45(49-38)61-23-19-31-11-13-33(14-12-31)48-40(55)10-5-3-2-4-6-20-46-34-15-16-35-36(27-34)44(59)54(43(35)58)37-17-18-41(56)51-42(37)57/h7-9,11-16,26-29,37,46H,2-6,10,17-25H2,1H3,(H,48,55)(H,49,50,52)(H,51,56,57)/b47-29+. The molecule has 1 unspecified atom stereocenters. The molecule has 3 aliphatic heterocycles. The highest BCUT2D eigenvalue weighted by Crippen LogP contribution is 2.30. The van der Waals surface area contributed by atoms with Crippen molar-refractivity contribution in [3.63, 3.8) is 0 Å². The molecule has 5 amide bonds. The smallest absolute Gasteiger partial charge is 0.320 e. The number of fused-ring (bicyclic) bond motifs is 1. The number of anilines is 4. The first-order valence-electron chi connectivity index (χ1n) is 20.9. The lowest BCUT2D eigenvalue weighted by Gasteiger charge is -2.28. The number of imide groups is 2. The number of aromatic nitrogens is 2. The number of benzene rings is 3. The molecule has 4 heterocycles. The van der Waals surface area contributed by atoms with Gasteiger partial charge in [-0.05, 0) is 67.6 Å². The maximum Gasteiger partial charge on any atom is 0.320 e. The van der Waals surface area contributed by atoms with Gasteiger partial charge in [0, 0.05) is 56.3 Å². The van der Waals surface area contributed by atoms with Crippen LogP contribution in [0.2, 0.25) is 0 Å². The van der Waals surface area contributed by atoms with Crippen molar-refractivity contribution in [2.75, 3.05) is 60.4 Å². The van der Waals surface area contributed by atoms with Gasteiger partial charge in [-0.15, -0.1) is 0 Å². The Kier molecular flexibility index (Phi) is 14.3. The number of piperidine rings is 1. The van der Waals surface area contributed by atoms with Crippen LogP contribution >= 0.6 is 0 Å². The number of hydrogen-bond acceptors (Lipinski definition) is 13. The van der Waals surface area contributed by atoms with Gasteiger partial charge >= 0.3 is 6.01 Å². The first-order chi connectivity index (χ1) is 29.7. The Morgan fingerprint density at radius 1 is 0.902 bits per heavy atom. The third-order valence-electron chi connectivity index (χ3n) is 10.7. The lowest BCUT2D eigenvalue weighted by atomic mass is 10.0. The summed E-state index contributed by atoms with van der Waals surface area (Å²) in [5, 5.41) is 12.9. The molecule has 3 aromatic carbocycles. The van der Waals surface area contributed by atoms with Crippen LogP contribution in [0.5, 0.6) is 6.01 Å². The molecule has 61 heavy (non-hydrogen) atoms. The number of rotatable bonds is 19. The molecule has 2 fully saturated rings. The summed E-state index contributed by atoms with van der Waals surface area (Å²) in [5.74, 6) is -0.832. The number of ether oxygens (including phenoxy) is 2. The maximum absolute atomic E-state index is 13.1. The molecule has 4 aromatic rings. The van der Waals surface area contributed by atoms with Gasteiger partial charge in [0.15, 0.2) is 5.82 Å². The number of hydrogen-bond donors (Lipinski definition) is 4. The Morgan fingerprint density at radius 3 is 2.48 bits per heavy atom. The first-order valence-corrected chi connectivity index (χ1v) is 20.9. The molecule has 1 atom stereocenters. The van der Waals surface area contributed by atoms with Gasteiger partial charge in [-0.25, -0.2) is 0 Å². The van der Waals surface area contributed by atoms with Crippen LogP contribution in [0.3, 0.4) is 0 Å². The van der Waals surface area contributed by atoms with Gasteiger partial charge in [0.05, 0.1) is 37.2 Å². The van der Waals surface area contributed by atoms with Crippen molar-refractivity contribution in [2.24, 2.45) is 5.10 Å². The van der Waals surface area contributed by atoms with E-state index >= 15 is 0 Å². The molecule has 3 aliphatic rings. The number of nitrogens with zero attached hydrogens (tertiary/aromatic N) is 5. The molecule has 2 saturated heterocycles. The second-order valence-electron chi connectivity index (χ2n) is 15.3. The van der Waals surface area contributed by atoms with Gasteiger partial charge in [0.25, 0.3) is 11.8 Å². The molecule has 0 saturated carbocycles. The van der Waals surface area contributed by atoms with Crippen LogP contribution in [0.1, 0.15) is 88.8 Å². The molecular formula is C45H51N9O7. The van der Waals surface area contributed by atoms with Crippen molar-refractivity contribution >= 4 is 58.8 Å². The van der Waals surface area contributed by atoms with Gasteiger partial charge in [-0.1, -0.05) is 61.2 Å². The molecule has 1 aromatic heterocycles. The maximum atomic E-state index is 13.1. The Morgan fingerprint density at radius 2 is 1.67 bits per heavy atom. The van der Waals surface area contributed by atoms with Crippen LogP contribution in [0.4, 0.5) is 23.0 Å². The Hall–Kier alpha value is -6.68. The zero-order chi connectivity index (χ0) is 42.6. The van der Waals surface area contributed by atoms with E-state index in [9.17, 15) is 24.0 Å². The predicted octanol–water partition coefficient (Wildman–Crippen LogP) is 5.48. The first kappa shape index (κ1) is 42.4. The molecule has 7 rings (SSSR count). The predicted molar refractivity (Wildman–Crippen MR) is 231 cm³/mol.